The van der Waals surface area contributed by atoms with E-state index in [4.69, 9.17) is 0 Å². The number of rotatable bonds is 4. The lowest BCUT2D eigenvalue weighted by molar-refractivity contribution is 0.0648. The van der Waals surface area contributed by atoms with Crippen LogP contribution in [0.15, 0.2) is 18.2 Å². The number of aryl methyl sites for hydroxylation is 1. The summed E-state index contributed by atoms with van der Waals surface area (Å²) in [7, 11) is 1.91. The van der Waals surface area contributed by atoms with Crippen molar-refractivity contribution in [1.29, 1.82) is 0 Å². The molecule has 0 atom stereocenters. The third-order valence-corrected chi connectivity index (χ3v) is 4.36. The molecule has 1 aliphatic carbocycles. The molecule has 1 fully saturated rings. The molecule has 1 amide bonds. The molecule has 0 unspecified atom stereocenters. The minimum Gasteiger partial charge on any atom is -0.388 e. The molecule has 110 valence electrons. The van der Waals surface area contributed by atoms with Gasteiger partial charge in [0.25, 0.3) is 5.91 Å². The number of nitrogens with zero attached hydrogens (tertiary/aromatic N) is 1. The van der Waals surface area contributed by atoms with Crippen LogP contribution in [0.4, 0.5) is 5.69 Å². The fourth-order valence-electron chi connectivity index (χ4n) is 3.20. The molecule has 0 aliphatic heterocycles. The summed E-state index contributed by atoms with van der Waals surface area (Å²) in [4.78, 5) is 14.8. The monoisotopic (exact) mass is 274 g/mol. The van der Waals surface area contributed by atoms with Gasteiger partial charge in [0, 0.05) is 30.9 Å². The van der Waals surface area contributed by atoms with Gasteiger partial charge >= 0.3 is 0 Å². The van der Waals surface area contributed by atoms with E-state index in [2.05, 4.69) is 17.1 Å². The standard InChI is InChI=1S/C17H26N2O/c1-4-19(15-8-6-5-7-9-15)17(20)14-10-11-16(18-3)13(2)12-14/h10-12,15,18H,4-9H2,1-3H3. The van der Waals surface area contributed by atoms with E-state index in [0.29, 0.717) is 6.04 Å². The zero-order valence-electron chi connectivity index (χ0n) is 12.9. The Bertz CT molecular complexity index is 464. The second-order valence-electron chi connectivity index (χ2n) is 5.66. The number of benzene rings is 1. The smallest absolute Gasteiger partial charge is 0.254 e. The second-order valence-corrected chi connectivity index (χ2v) is 5.66. The maximum absolute atomic E-state index is 12.7. The van der Waals surface area contributed by atoms with Gasteiger partial charge < -0.3 is 10.2 Å². The Kier molecular flexibility index (Phi) is 5.05. The Morgan fingerprint density at radius 1 is 1.30 bits per heavy atom. The summed E-state index contributed by atoms with van der Waals surface area (Å²) in [5.41, 5.74) is 3.02. The maximum Gasteiger partial charge on any atom is 0.254 e. The number of hydrogen-bond acceptors (Lipinski definition) is 2. The first-order chi connectivity index (χ1) is 9.67. The molecule has 1 saturated carbocycles. The molecule has 20 heavy (non-hydrogen) atoms. The summed E-state index contributed by atoms with van der Waals surface area (Å²) in [5, 5.41) is 3.14. The van der Waals surface area contributed by atoms with E-state index in [0.717, 1.165) is 36.2 Å². The quantitative estimate of drug-likeness (QED) is 0.905. The van der Waals surface area contributed by atoms with Crippen LogP contribution in [-0.2, 0) is 0 Å². The summed E-state index contributed by atoms with van der Waals surface area (Å²) in [6.45, 7) is 4.93. The van der Waals surface area contributed by atoms with Crippen molar-refractivity contribution in [3.8, 4) is 0 Å². The van der Waals surface area contributed by atoms with E-state index in [1.54, 1.807) is 0 Å². The Labute approximate surface area is 122 Å². The molecule has 0 radical (unpaired) electrons. The molecular weight excluding hydrogens is 248 g/mol. The first-order valence-corrected chi connectivity index (χ1v) is 7.76. The van der Waals surface area contributed by atoms with Crippen LogP contribution in [0.5, 0.6) is 0 Å². The van der Waals surface area contributed by atoms with Crippen LogP contribution >= 0.6 is 0 Å². The number of carbonyl (C=O) groups excluding carboxylic acids is 1. The predicted molar refractivity (Wildman–Crippen MR) is 84.3 cm³/mol. The lowest BCUT2D eigenvalue weighted by Gasteiger charge is -2.33. The van der Waals surface area contributed by atoms with Crippen molar-refractivity contribution in [3.63, 3.8) is 0 Å². The van der Waals surface area contributed by atoms with Gasteiger partial charge in [-0.2, -0.15) is 0 Å². The largest absolute Gasteiger partial charge is 0.388 e. The van der Waals surface area contributed by atoms with Crippen molar-refractivity contribution in [1.82, 2.24) is 4.90 Å². The molecule has 1 aromatic rings. The van der Waals surface area contributed by atoms with E-state index < -0.39 is 0 Å². The van der Waals surface area contributed by atoms with Gasteiger partial charge in [-0.1, -0.05) is 19.3 Å². The Morgan fingerprint density at radius 3 is 2.55 bits per heavy atom. The number of hydrogen-bond donors (Lipinski definition) is 1. The zero-order chi connectivity index (χ0) is 14.5. The highest BCUT2D eigenvalue weighted by Crippen LogP contribution is 2.25. The molecular formula is C17H26N2O. The van der Waals surface area contributed by atoms with Gasteiger partial charge in [0.2, 0.25) is 0 Å². The Balaban J connectivity index is 2.17. The number of amides is 1. The summed E-state index contributed by atoms with van der Waals surface area (Å²) in [5.74, 6) is 0.185. The number of nitrogens with one attached hydrogen (secondary N) is 1. The molecule has 3 heteroatoms. The van der Waals surface area contributed by atoms with Crippen molar-refractivity contribution < 1.29 is 4.79 Å². The van der Waals surface area contributed by atoms with E-state index in [-0.39, 0.29) is 5.91 Å². The maximum atomic E-state index is 12.7. The van der Waals surface area contributed by atoms with Gasteiger partial charge in [0.15, 0.2) is 0 Å². The fraction of sp³-hybridized carbons (Fsp3) is 0.588. The van der Waals surface area contributed by atoms with Crippen LogP contribution in [0, 0.1) is 6.92 Å². The zero-order valence-corrected chi connectivity index (χ0v) is 12.9. The third-order valence-electron chi connectivity index (χ3n) is 4.36. The minimum absolute atomic E-state index is 0.185. The Hall–Kier alpha value is -1.51. The third kappa shape index (κ3) is 3.14. The summed E-state index contributed by atoms with van der Waals surface area (Å²) < 4.78 is 0. The second kappa shape index (κ2) is 6.78. The summed E-state index contributed by atoms with van der Waals surface area (Å²) >= 11 is 0. The van der Waals surface area contributed by atoms with Crippen molar-refractivity contribution in [2.75, 3.05) is 18.9 Å². The van der Waals surface area contributed by atoms with Gasteiger partial charge in [-0.3, -0.25) is 4.79 Å². The average molecular weight is 274 g/mol. The van der Waals surface area contributed by atoms with Crippen molar-refractivity contribution in [2.24, 2.45) is 0 Å². The van der Waals surface area contributed by atoms with Gasteiger partial charge in [-0.25, -0.2) is 0 Å². The molecule has 1 N–H and O–H groups in total. The van der Waals surface area contributed by atoms with Crippen LogP contribution in [-0.4, -0.2) is 30.4 Å². The first kappa shape index (κ1) is 14.9. The molecule has 0 spiro atoms. The highest BCUT2D eigenvalue weighted by Gasteiger charge is 2.25. The molecule has 0 aromatic heterocycles. The first-order valence-electron chi connectivity index (χ1n) is 7.76. The van der Waals surface area contributed by atoms with Crippen LogP contribution < -0.4 is 5.32 Å². The van der Waals surface area contributed by atoms with E-state index in [1.165, 1.54) is 19.3 Å². The van der Waals surface area contributed by atoms with Gasteiger partial charge in [-0.05, 0) is 50.5 Å². The predicted octanol–water partition coefficient (Wildman–Crippen LogP) is 3.83. The summed E-state index contributed by atoms with van der Waals surface area (Å²) in [6, 6.07) is 6.37. The van der Waals surface area contributed by atoms with E-state index >= 15 is 0 Å². The molecule has 1 aromatic carbocycles. The number of carbonyl (C=O) groups is 1. The topological polar surface area (TPSA) is 32.3 Å². The molecule has 2 rings (SSSR count). The van der Waals surface area contributed by atoms with Crippen molar-refractivity contribution in [2.45, 2.75) is 52.0 Å². The molecule has 0 saturated heterocycles. The fourth-order valence-corrected chi connectivity index (χ4v) is 3.20. The van der Waals surface area contributed by atoms with Crippen molar-refractivity contribution >= 4 is 11.6 Å². The van der Waals surface area contributed by atoms with Gasteiger partial charge in [-0.15, -0.1) is 0 Å². The van der Waals surface area contributed by atoms with Crippen LogP contribution in [0.1, 0.15) is 54.9 Å². The van der Waals surface area contributed by atoms with E-state index in [9.17, 15) is 4.79 Å². The molecule has 1 aliphatic rings. The lowest BCUT2D eigenvalue weighted by Crippen LogP contribution is -2.41. The molecule has 0 heterocycles. The summed E-state index contributed by atoms with van der Waals surface area (Å²) in [6.07, 6.45) is 6.15. The van der Waals surface area contributed by atoms with Crippen LogP contribution in [0.25, 0.3) is 0 Å². The average Bonchev–Trinajstić information content (AvgIpc) is 2.49. The Morgan fingerprint density at radius 2 is 2.00 bits per heavy atom. The van der Waals surface area contributed by atoms with E-state index in [1.807, 2.05) is 32.2 Å². The lowest BCUT2D eigenvalue weighted by atomic mass is 9.93. The van der Waals surface area contributed by atoms with Crippen molar-refractivity contribution in [3.05, 3.63) is 29.3 Å². The van der Waals surface area contributed by atoms with Crippen LogP contribution in [0.3, 0.4) is 0 Å². The number of anilines is 1. The van der Waals surface area contributed by atoms with Crippen LogP contribution in [0.2, 0.25) is 0 Å². The normalized spacial score (nSPS) is 15.9. The highest BCUT2D eigenvalue weighted by molar-refractivity contribution is 5.95. The van der Waals surface area contributed by atoms with Gasteiger partial charge in [0.05, 0.1) is 0 Å². The minimum atomic E-state index is 0.185. The molecule has 3 nitrogen and oxygen atoms in total. The highest BCUT2D eigenvalue weighted by atomic mass is 16.2. The SMILES string of the molecule is CCN(C(=O)c1ccc(NC)c(C)c1)C1CCCCC1. The van der Waals surface area contributed by atoms with Gasteiger partial charge in [0.1, 0.15) is 0 Å². The molecule has 0 bridgehead atoms.